The fourth-order valence-electron chi connectivity index (χ4n) is 1.86. The summed E-state index contributed by atoms with van der Waals surface area (Å²) in [5.41, 5.74) is 2.59. The highest BCUT2D eigenvalue weighted by atomic mass is 16.5. The molecule has 0 fully saturated rings. The smallest absolute Gasteiger partial charge is 0.303 e. The van der Waals surface area contributed by atoms with Crippen LogP contribution >= 0.6 is 0 Å². The van der Waals surface area contributed by atoms with Crippen LogP contribution in [0.25, 0.3) is 0 Å². The van der Waals surface area contributed by atoms with Gasteiger partial charge in [-0.1, -0.05) is 36.4 Å². The van der Waals surface area contributed by atoms with Crippen LogP contribution in [0.2, 0.25) is 0 Å². The van der Waals surface area contributed by atoms with Crippen LogP contribution in [0.3, 0.4) is 0 Å². The predicted molar refractivity (Wildman–Crippen MR) is 78.6 cm³/mol. The van der Waals surface area contributed by atoms with E-state index in [2.05, 4.69) is 0 Å². The Morgan fingerprint density at radius 2 is 1.62 bits per heavy atom. The Morgan fingerprint density at radius 1 is 1.00 bits per heavy atom. The number of carboxylic acids is 1. The average molecular weight is 284 g/mol. The maximum Gasteiger partial charge on any atom is 0.303 e. The van der Waals surface area contributed by atoms with Crippen molar-refractivity contribution in [3.05, 3.63) is 65.2 Å². The lowest BCUT2D eigenvalue weighted by Crippen LogP contribution is -1.98. The molecule has 2 rings (SSSR count). The molecule has 0 spiro atoms. The zero-order valence-electron chi connectivity index (χ0n) is 11.5. The fourth-order valence-corrected chi connectivity index (χ4v) is 1.86. The summed E-state index contributed by atoms with van der Waals surface area (Å²) in [6, 6.07) is 14.6. The Bertz CT molecular complexity index is 600. The van der Waals surface area contributed by atoms with E-state index in [1.807, 2.05) is 36.4 Å². The molecule has 0 atom stereocenters. The number of aliphatic carboxylic acids is 1. The molecule has 0 saturated carbocycles. The first kappa shape index (κ1) is 14.8. The molecule has 0 heterocycles. The van der Waals surface area contributed by atoms with Gasteiger partial charge in [-0.05, 0) is 29.7 Å². The van der Waals surface area contributed by atoms with Gasteiger partial charge >= 0.3 is 5.97 Å². The van der Waals surface area contributed by atoms with Crippen LogP contribution in [0.5, 0.6) is 5.75 Å². The van der Waals surface area contributed by atoms with Crippen LogP contribution in [0.1, 0.15) is 27.9 Å². The highest BCUT2D eigenvalue weighted by molar-refractivity contribution is 5.74. The number of hydrogen-bond acceptors (Lipinski definition) is 3. The van der Waals surface area contributed by atoms with Crippen molar-refractivity contribution in [2.45, 2.75) is 19.4 Å². The van der Waals surface area contributed by atoms with Crippen molar-refractivity contribution in [3.63, 3.8) is 0 Å². The summed E-state index contributed by atoms with van der Waals surface area (Å²) in [5, 5.41) is 8.63. The van der Waals surface area contributed by atoms with Gasteiger partial charge in [0, 0.05) is 12.0 Å². The van der Waals surface area contributed by atoms with Crippen LogP contribution < -0.4 is 4.74 Å². The minimum atomic E-state index is -0.797. The third-order valence-corrected chi connectivity index (χ3v) is 3.07. The lowest BCUT2D eigenvalue weighted by molar-refractivity contribution is -0.136. The van der Waals surface area contributed by atoms with E-state index in [1.54, 1.807) is 12.1 Å². The molecule has 21 heavy (non-hydrogen) atoms. The third kappa shape index (κ3) is 4.76. The minimum Gasteiger partial charge on any atom is -0.489 e. The van der Waals surface area contributed by atoms with Gasteiger partial charge in [-0.3, -0.25) is 9.59 Å². The summed E-state index contributed by atoms with van der Waals surface area (Å²) in [6.07, 6.45) is 1.45. The second kappa shape index (κ2) is 7.24. The second-order valence-electron chi connectivity index (χ2n) is 4.69. The van der Waals surface area contributed by atoms with Gasteiger partial charge in [0.15, 0.2) is 0 Å². The van der Waals surface area contributed by atoms with Crippen molar-refractivity contribution >= 4 is 12.3 Å². The number of carbonyl (C=O) groups excluding carboxylic acids is 1. The van der Waals surface area contributed by atoms with Gasteiger partial charge in [0.2, 0.25) is 0 Å². The quantitative estimate of drug-likeness (QED) is 0.793. The van der Waals surface area contributed by atoms with E-state index in [4.69, 9.17) is 9.84 Å². The van der Waals surface area contributed by atoms with Crippen LogP contribution in [-0.4, -0.2) is 17.4 Å². The number of aryl methyl sites for hydroxylation is 1. The molecule has 0 aromatic heterocycles. The number of carbonyl (C=O) groups is 2. The zero-order valence-corrected chi connectivity index (χ0v) is 11.5. The molecule has 0 amide bonds. The number of benzene rings is 2. The van der Waals surface area contributed by atoms with Gasteiger partial charge in [-0.15, -0.1) is 0 Å². The Labute approximate surface area is 123 Å². The maximum atomic E-state index is 10.6. The van der Waals surface area contributed by atoms with Crippen molar-refractivity contribution in [1.82, 2.24) is 0 Å². The first-order valence-electron chi connectivity index (χ1n) is 6.65. The van der Waals surface area contributed by atoms with Crippen LogP contribution in [0.4, 0.5) is 0 Å². The van der Waals surface area contributed by atoms with Gasteiger partial charge < -0.3 is 9.84 Å². The molecule has 0 aliphatic carbocycles. The summed E-state index contributed by atoms with van der Waals surface area (Å²) in [4.78, 5) is 21.1. The van der Waals surface area contributed by atoms with Crippen LogP contribution in [0.15, 0.2) is 48.5 Å². The number of carboxylic acid groups (broad SMARTS) is 1. The van der Waals surface area contributed by atoms with Crippen molar-refractivity contribution in [3.8, 4) is 5.75 Å². The molecule has 1 N–H and O–H groups in total. The highest BCUT2D eigenvalue weighted by Crippen LogP contribution is 2.15. The van der Waals surface area contributed by atoms with E-state index in [9.17, 15) is 9.59 Å². The normalized spacial score (nSPS) is 10.1. The van der Waals surface area contributed by atoms with Crippen LogP contribution in [0, 0.1) is 0 Å². The SMILES string of the molecule is O=Cc1ccc(COc2ccc(CCC(=O)O)cc2)cc1. The first-order valence-corrected chi connectivity index (χ1v) is 6.65. The third-order valence-electron chi connectivity index (χ3n) is 3.07. The summed E-state index contributed by atoms with van der Waals surface area (Å²) >= 11 is 0. The minimum absolute atomic E-state index is 0.128. The molecular formula is C17H16O4. The standard InChI is InChI=1S/C17H16O4/c18-11-14-1-3-15(4-2-14)12-21-16-8-5-13(6-9-16)7-10-17(19)20/h1-6,8-9,11H,7,10,12H2,(H,19,20). The van der Waals surface area contributed by atoms with E-state index in [1.165, 1.54) is 0 Å². The second-order valence-corrected chi connectivity index (χ2v) is 4.69. The molecule has 108 valence electrons. The molecule has 4 heteroatoms. The Hall–Kier alpha value is -2.62. The van der Waals surface area contributed by atoms with Crippen molar-refractivity contribution in [1.29, 1.82) is 0 Å². The van der Waals surface area contributed by atoms with Gasteiger partial charge in [-0.2, -0.15) is 0 Å². The first-order chi connectivity index (χ1) is 10.2. The summed E-state index contributed by atoms with van der Waals surface area (Å²) in [7, 11) is 0. The topological polar surface area (TPSA) is 63.6 Å². The molecule has 0 unspecified atom stereocenters. The number of ether oxygens (including phenoxy) is 1. The highest BCUT2D eigenvalue weighted by Gasteiger charge is 2.00. The van der Waals surface area contributed by atoms with E-state index in [-0.39, 0.29) is 6.42 Å². The number of aldehydes is 1. The largest absolute Gasteiger partial charge is 0.489 e. The Kier molecular flexibility index (Phi) is 5.10. The molecule has 0 radical (unpaired) electrons. The molecular weight excluding hydrogens is 268 g/mol. The van der Waals surface area contributed by atoms with Crippen molar-refractivity contribution < 1.29 is 19.4 Å². The molecule has 2 aromatic carbocycles. The predicted octanol–water partition coefficient (Wildman–Crippen LogP) is 3.10. The molecule has 0 aliphatic rings. The zero-order chi connectivity index (χ0) is 15.1. The van der Waals surface area contributed by atoms with Gasteiger partial charge in [0.25, 0.3) is 0 Å². The maximum absolute atomic E-state index is 10.6. The molecule has 0 saturated heterocycles. The van der Waals surface area contributed by atoms with E-state index >= 15 is 0 Å². The Morgan fingerprint density at radius 3 is 2.19 bits per heavy atom. The van der Waals surface area contributed by atoms with Gasteiger partial charge in [0.05, 0.1) is 0 Å². The van der Waals surface area contributed by atoms with Crippen molar-refractivity contribution in [2.75, 3.05) is 0 Å². The molecule has 4 nitrogen and oxygen atoms in total. The van der Waals surface area contributed by atoms with Gasteiger partial charge in [-0.25, -0.2) is 0 Å². The van der Waals surface area contributed by atoms with Crippen LogP contribution in [-0.2, 0) is 17.8 Å². The van der Waals surface area contributed by atoms with Crippen molar-refractivity contribution in [2.24, 2.45) is 0 Å². The lowest BCUT2D eigenvalue weighted by Gasteiger charge is -2.07. The average Bonchev–Trinajstić information content (AvgIpc) is 2.52. The number of rotatable bonds is 7. The van der Waals surface area contributed by atoms with E-state index in [0.717, 1.165) is 23.2 Å². The monoisotopic (exact) mass is 284 g/mol. The summed E-state index contributed by atoms with van der Waals surface area (Å²) in [5.74, 6) is -0.0670. The summed E-state index contributed by atoms with van der Waals surface area (Å²) < 4.78 is 5.64. The lowest BCUT2D eigenvalue weighted by atomic mass is 10.1. The summed E-state index contributed by atoms with van der Waals surface area (Å²) in [6.45, 7) is 0.424. The van der Waals surface area contributed by atoms with Gasteiger partial charge in [0.1, 0.15) is 18.6 Å². The fraction of sp³-hybridized carbons (Fsp3) is 0.176. The molecule has 0 bridgehead atoms. The van der Waals surface area contributed by atoms with E-state index in [0.29, 0.717) is 18.6 Å². The Balaban J connectivity index is 1.87. The molecule has 0 aliphatic heterocycles. The number of hydrogen-bond donors (Lipinski definition) is 1. The van der Waals surface area contributed by atoms with E-state index < -0.39 is 5.97 Å². The molecule has 2 aromatic rings.